The zero-order valence-corrected chi connectivity index (χ0v) is 17.0. The zero-order valence-electron chi connectivity index (χ0n) is 16.0. The fourth-order valence-corrected chi connectivity index (χ4v) is 6.30. The van der Waals surface area contributed by atoms with E-state index in [1.807, 2.05) is 52.0 Å². The van der Waals surface area contributed by atoms with Crippen molar-refractivity contribution in [2.24, 2.45) is 0 Å². The number of rotatable bonds is 8. The van der Waals surface area contributed by atoms with Gasteiger partial charge in [-0.25, -0.2) is 4.39 Å². The fourth-order valence-electron chi connectivity index (χ4n) is 2.96. The molecule has 0 aliphatic heterocycles. The molecule has 0 N–H and O–H groups in total. The molecule has 138 valence electrons. The summed E-state index contributed by atoms with van der Waals surface area (Å²) >= 11 is 0. The van der Waals surface area contributed by atoms with Crippen molar-refractivity contribution in [3.63, 3.8) is 0 Å². The van der Waals surface area contributed by atoms with Crippen LogP contribution < -0.4 is 0 Å². The molecule has 0 aliphatic rings. The van der Waals surface area contributed by atoms with Crippen LogP contribution >= 0.6 is 0 Å². The Kier molecular flexibility index (Phi) is 6.38. The van der Waals surface area contributed by atoms with Crippen LogP contribution in [0.4, 0.5) is 4.39 Å². The molecule has 2 aromatic carbocycles. The van der Waals surface area contributed by atoms with Gasteiger partial charge in [0.05, 0.1) is 0 Å². The van der Waals surface area contributed by atoms with E-state index in [4.69, 9.17) is 13.3 Å². The van der Waals surface area contributed by atoms with Gasteiger partial charge in [-0.2, -0.15) is 0 Å². The van der Waals surface area contributed by atoms with Crippen LogP contribution in [0.15, 0.2) is 42.5 Å². The molecular weight excluding hydrogens is 335 g/mol. The second kappa shape index (κ2) is 7.95. The molecule has 0 atom stereocenters. The highest BCUT2D eigenvalue weighted by Crippen LogP contribution is 2.29. The second-order valence-corrected chi connectivity index (χ2v) is 9.69. The van der Waals surface area contributed by atoms with E-state index in [1.54, 1.807) is 0 Å². The lowest BCUT2D eigenvalue weighted by molar-refractivity contribution is -0.102. The number of hydrogen-bond acceptors (Lipinski definition) is 3. The van der Waals surface area contributed by atoms with Crippen molar-refractivity contribution in [3.05, 3.63) is 48.0 Å². The van der Waals surface area contributed by atoms with Crippen LogP contribution in [0.3, 0.4) is 0 Å². The molecule has 3 nitrogen and oxygen atoms in total. The van der Waals surface area contributed by atoms with Crippen LogP contribution in [0.2, 0.25) is 0 Å². The SMILES string of the molecule is CC(C)O[Si](Cc1cccc2ccccc12)(OC(C)C)OC(C)(C)F. The van der Waals surface area contributed by atoms with Crippen molar-refractivity contribution in [2.75, 3.05) is 0 Å². The number of halogens is 1. The molecule has 0 amide bonds. The van der Waals surface area contributed by atoms with Crippen LogP contribution in [0.1, 0.15) is 47.1 Å². The number of hydrogen-bond donors (Lipinski definition) is 0. The van der Waals surface area contributed by atoms with E-state index in [0.29, 0.717) is 6.04 Å². The Morgan fingerprint density at radius 2 is 1.48 bits per heavy atom. The minimum atomic E-state index is -3.29. The first-order valence-electron chi connectivity index (χ1n) is 8.81. The summed E-state index contributed by atoms with van der Waals surface area (Å²) in [5.41, 5.74) is 1.05. The van der Waals surface area contributed by atoms with E-state index < -0.39 is 14.7 Å². The molecule has 5 heteroatoms. The highest BCUT2D eigenvalue weighted by molar-refractivity contribution is 6.60. The molecule has 0 fully saturated rings. The average Bonchev–Trinajstić information content (AvgIpc) is 2.44. The fraction of sp³-hybridized carbons (Fsp3) is 0.500. The Labute approximate surface area is 151 Å². The Morgan fingerprint density at radius 1 is 0.920 bits per heavy atom. The van der Waals surface area contributed by atoms with Gasteiger partial charge in [-0.05, 0) is 57.9 Å². The van der Waals surface area contributed by atoms with Gasteiger partial charge in [-0.1, -0.05) is 42.5 Å². The van der Waals surface area contributed by atoms with Crippen LogP contribution in [0.5, 0.6) is 0 Å². The van der Waals surface area contributed by atoms with Crippen molar-refractivity contribution in [3.8, 4) is 0 Å². The molecule has 0 aliphatic carbocycles. The van der Waals surface area contributed by atoms with Gasteiger partial charge in [-0.3, -0.25) is 0 Å². The minimum absolute atomic E-state index is 0.122. The largest absolute Gasteiger partial charge is 0.508 e. The lowest BCUT2D eigenvalue weighted by Gasteiger charge is -2.36. The van der Waals surface area contributed by atoms with Crippen LogP contribution in [-0.4, -0.2) is 26.9 Å². The van der Waals surface area contributed by atoms with Gasteiger partial charge in [0.25, 0.3) is 0 Å². The Hall–Kier alpha value is -1.27. The topological polar surface area (TPSA) is 27.7 Å². The smallest absolute Gasteiger partial charge is 0.371 e. The van der Waals surface area contributed by atoms with Gasteiger partial charge in [0.15, 0.2) is 5.85 Å². The molecule has 0 saturated heterocycles. The quantitative estimate of drug-likeness (QED) is 0.584. The predicted octanol–water partition coefficient (Wildman–Crippen LogP) is 5.43. The van der Waals surface area contributed by atoms with Gasteiger partial charge >= 0.3 is 8.80 Å². The first kappa shape index (κ1) is 20.0. The van der Waals surface area contributed by atoms with E-state index in [1.165, 1.54) is 13.8 Å². The molecular formula is C20H29FO3Si. The van der Waals surface area contributed by atoms with Crippen LogP contribution in [0, 0.1) is 0 Å². The van der Waals surface area contributed by atoms with Crippen LogP contribution in [0.25, 0.3) is 10.8 Å². The van der Waals surface area contributed by atoms with Gasteiger partial charge in [-0.15, -0.1) is 0 Å². The lowest BCUT2D eigenvalue weighted by atomic mass is 10.1. The maximum absolute atomic E-state index is 14.5. The molecule has 0 aromatic heterocycles. The summed E-state index contributed by atoms with van der Waals surface area (Å²) in [6, 6.07) is 14.7. The first-order chi connectivity index (χ1) is 11.6. The molecule has 2 rings (SSSR count). The molecule has 0 unspecified atom stereocenters. The van der Waals surface area contributed by atoms with Crippen molar-refractivity contribution in [1.29, 1.82) is 0 Å². The van der Waals surface area contributed by atoms with Crippen molar-refractivity contribution in [1.82, 2.24) is 0 Å². The summed E-state index contributed by atoms with van der Waals surface area (Å²) in [7, 11) is -3.29. The number of fused-ring (bicyclic) bond motifs is 1. The normalized spacial score (nSPS) is 13.2. The summed E-state index contributed by atoms with van der Waals surface area (Å²) in [5, 5.41) is 2.25. The van der Waals surface area contributed by atoms with Gasteiger partial charge in [0.2, 0.25) is 0 Å². The molecule has 0 heterocycles. The third kappa shape index (κ3) is 5.89. The van der Waals surface area contributed by atoms with Crippen LogP contribution in [-0.2, 0) is 19.3 Å². The van der Waals surface area contributed by atoms with E-state index in [0.717, 1.165) is 16.3 Å². The van der Waals surface area contributed by atoms with Gasteiger partial charge < -0.3 is 13.3 Å². The molecule has 0 spiro atoms. The van der Waals surface area contributed by atoms with Crippen molar-refractivity contribution in [2.45, 2.75) is 65.6 Å². The highest BCUT2D eigenvalue weighted by Gasteiger charge is 2.48. The standard InChI is InChI=1S/C20H29FO3Si/c1-15(2)22-25(23-16(3)4,24-20(5,6)21)14-18-12-9-11-17-10-7-8-13-19(17)18/h7-13,15-16H,14H2,1-6H3. The van der Waals surface area contributed by atoms with Gasteiger partial charge in [0, 0.05) is 18.3 Å². The highest BCUT2D eigenvalue weighted by atomic mass is 28.4. The summed E-state index contributed by atoms with van der Waals surface area (Å²) in [6.07, 6.45) is -0.245. The molecule has 0 bridgehead atoms. The van der Waals surface area contributed by atoms with Crippen molar-refractivity contribution >= 4 is 19.6 Å². The lowest BCUT2D eigenvalue weighted by Crippen LogP contribution is -2.55. The minimum Gasteiger partial charge on any atom is -0.371 e. The Balaban J connectivity index is 2.48. The van der Waals surface area contributed by atoms with Crippen molar-refractivity contribution < 1.29 is 17.7 Å². The molecule has 0 radical (unpaired) electrons. The van der Waals surface area contributed by atoms with Gasteiger partial charge in [0.1, 0.15) is 0 Å². The third-order valence-electron chi connectivity index (χ3n) is 3.52. The number of benzene rings is 2. The summed E-state index contributed by atoms with van der Waals surface area (Å²) in [5.74, 6) is -1.83. The molecule has 0 saturated carbocycles. The Bertz CT molecular complexity index is 679. The zero-order chi connectivity index (χ0) is 18.7. The van der Waals surface area contributed by atoms with E-state index in [9.17, 15) is 4.39 Å². The average molecular weight is 365 g/mol. The third-order valence-corrected chi connectivity index (χ3v) is 6.79. The monoisotopic (exact) mass is 364 g/mol. The predicted molar refractivity (Wildman–Crippen MR) is 102 cm³/mol. The maximum atomic E-state index is 14.5. The first-order valence-corrected chi connectivity index (χ1v) is 10.7. The summed E-state index contributed by atoms with van der Waals surface area (Å²) in [4.78, 5) is 0. The van der Waals surface area contributed by atoms with E-state index >= 15 is 0 Å². The Morgan fingerprint density at radius 3 is 2.04 bits per heavy atom. The molecule has 25 heavy (non-hydrogen) atoms. The number of alkyl halides is 1. The summed E-state index contributed by atoms with van der Waals surface area (Å²) < 4.78 is 32.5. The van der Waals surface area contributed by atoms with E-state index in [2.05, 4.69) is 18.2 Å². The maximum Gasteiger partial charge on any atom is 0.508 e. The second-order valence-electron chi connectivity index (χ2n) is 7.30. The van der Waals surface area contributed by atoms with E-state index in [-0.39, 0.29) is 12.2 Å². The summed E-state index contributed by atoms with van der Waals surface area (Å²) in [6.45, 7) is 10.5. The molecule has 2 aromatic rings.